The number of aromatic nitrogens is 1. The molecule has 1 rings (SSSR count). The van der Waals surface area contributed by atoms with Crippen molar-refractivity contribution in [1.29, 1.82) is 0 Å². The Labute approximate surface area is 92.5 Å². The van der Waals surface area contributed by atoms with Gasteiger partial charge in [0.2, 0.25) is 10.0 Å². The maximum Gasteiger partial charge on any atom is 0.242 e. The number of halogens is 2. The minimum atomic E-state index is -3.73. The average molecular weight is 253 g/mol. The Morgan fingerprint density at radius 1 is 1.60 bits per heavy atom. The zero-order chi connectivity index (χ0) is 11.5. The second-order valence-corrected chi connectivity index (χ2v) is 5.04. The van der Waals surface area contributed by atoms with Crippen LogP contribution in [0.15, 0.2) is 23.4 Å². The lowest BCUT2D eigenvalue weighted by Crippen LogP contribution is -2.33. The quantitative estimate of drug-likeness (QED) is 0.817. The fraction of sp³-hybridized carbons (Fsp3) is 0.375. The molecule has 0 fully saturated rings. The van der Waals surface area contributed by atoms with Gasteiger partial charge in [-0.1, -0.05) is 0 Å². The molecule has 0 aliphatic heterocycles. The van der Waals surface area contributed by atoms with E-state index in [0.29, 0.717) is 0 Å². The van der Waals surface area contributed by atoms with Crippen LogP contribution in [0, 0.1) is 5.82 Å². The van der Waals surface area contributed by atoms with Crippen LogP contribution in [0.5, 0.6) is 0 Å². The highest BCUT2D eigenvalue weighted by molar-refractivity contribution is 7.89. The van der Waals surface area contributed by atoms with Crippen molar-refractivity contribution in [3.8, 4) is 0 Å². The van der Waals surface area contributed by atoms with Crippen LogP contribution in [0.3, 0.4) is 0 Å². The molecule has 1 unspecified atom stereocenters. The minimum absolute atomic E-state index is 0.141. The van der Waals surface area contributed by atoms with E-state index < -0.39 is 21.9 Å². The molecule has 0 radical (unpaired) electrons. The SMILES string of the molecule is CC(CCl)NS(=O)(=O)c1cncc(F)c1. The number of nitrogens with zero attached hydrogens (tertiary/aromatic N) is 1. The molecule has 0 amide bonds. The van der Waals surface area contributed by atoms with Crippen LogP contribution in [-0.4, -0.2) is 25.3 Å². The van der Waals surface area contributed by atoms with Gasteiger partial charge in [-0.2, -0.15) is 0 Å². The van der Waals surface area contributed by atoms with Crippen LogP contribution in [0.25, 0.3) is 0 Å². The van der Waals surface area contributed by atoms with E-state index >= 15 is 0 Å². The van der Waals surface area contributed by atoms with E-state index in [9.17, 15) is 12.8 Å². The summed E-state index contributed by atoms with van der Waals surface area (Å²) in [4.78, 5) is 3.25. The van der Waals surface area contributed by atoms with Gasteiger partial charge in [0, 0.05) is 18.1 Å². The summed E-state index contributed by atoms with van der Waals surface area (Å²) in [5.74, 6) is -0.557. The zero-order valence-electron chi connectivity index (χ0n) is 7.94. The lowest BCUT2D eigenvalue weighted by atomic mass is 10.4. The van der Waals surface area contributed by atoms with E-state index in [0.717, 1.165) is 18.5 Å². The topological polar surface area (TPSA) is 59.1 Å². The van der Waals surface area contributed by atoms with Gasteiger partial charge in [-0.3, -0.25) is 4.98 Å². The van der Waals surface area contributed by atoms with Gasteiger partial charge in [0.25, 0.3) is 0 Å². The summed E-state index contributed by atoms with van der Waals surface area (Å²) in [5.41, 5.74) is 0. The van der Waals surface area contributed by atoms with Crippen molar-refractivity contribution in [3.63, 3.8) is 0 Å². The largest absolute Gasteiger partial charge is 0.260 e. The molecular formula is C8H10ClFN2O2S. The monoisotopic (exact) mass is 252 g/mol. The molecule has 1 aromatic rings. The van der Waals surface area contributed by atoms with Crippen molar-refractivity contribution < 1.29 is 12.8 Å². The molecule has 0 spiro atoms. The molecule has 1 atom stereocenters. The molecule has 0 aliphatic carbocycles. The van der Waals surface area contributed by atoms with Crippen LogP contribution < -0.4 is 4.72 Å². The number of pyridine rings is 1. The summed E-state index contributed by atoms with van der Waals surface area (Å²) in [6.07, 6.45) is 2.01. The smallest absolute Gasteiger partial charge is 0.242 e. The van der Waals surface area contributed by atoms with Crippen molar-refractivity contribution >= 4 is 21.6 Å². The van der Waals surface area contributed by atoms with E-state index in [1.165, 1.54) is 0 Å². The third-order valence-electron chi connectivity index (χ3n) is 1.58. The molecule has 15 heavy (non-hydrogen) atoms. The summed E-state index contributed by atoms with van der Waals surface area (Å²) in [5, 5.41) is 0. The van der Waals surface area contributed by atoms with E-state index in [1.807, 2.05) is 0 Å². The Kier molecular flexibility index (Phi) is 4.01. The van der Waals surface area contributed by atoms with Crippen molar-refractivity contribution in [2.45, 2.75) is 17.9 Å². The number of sulfonamides is 1. The molecule has 84 valence electrons. The number of nitrogens with one attached hydrogen (secondary N) is 1. The maximum atomic E-state index is 12.7. The first-order valence-electron chi connectivity index (χ1n) is 4.14. The van der Waals surface area contributed by atoms with Gasteiger partial charge in [0.05, 0.1) is 6.20 Å². The van der Waals surface area contributed by atoms with Gasteiger partial charge in [-0.25, -0.2) is 17.5 Å². The van der Waals surface area contributed by atoms with E-state index in [2.05, 4.69) is 9.71 Å². The third kappa shape index (κ3) is 3.40. The van der Waals surface area contributed by atoms with Crippen molar-refractivity contribution in [2.75, 3.05) is 5.88 Å². The van der Waals surface area contributed by atoms with Crippen LogP contribution >= 0.6 is 11.6 Å². The second-order valence-electron chi connectivity index (χ2n) is 3.02. The number of hydrogen-bond acceptors (Lipinski definition) is 3. The van der Waals surface area contributed by atoms with Gasteiger partial charge in [0.15, 0.2) is 0 Å². The predicted molar refractivity (Wildman–Crippen MR) is 54.7 cm³/mol. The molecule has 1 N–H and O–H groups in total. The first-order valence-corrected chi connectivity index (χ1v) is 6.16. The molecule has 0 aromatic carbocycles. The predicted octanol–water partition coefficient (Wildman–Crippen LogP) is 1.13. The number of rotatable bonds is 4. The number of alkyl halides is 1. The third-order valence-corrected chi connectivity index (χ3v) is 3.60. The maximum absolute atomic E-state index is 12.7. The lowest BCUT2D eigenvalue weighted by Gasteiger charge is -2.10. The highest BCUT2D eigenvalue weighted by atomic mass is 35.5. The molecule has 0 saturated heterocycles. The van der Waals surface area contributed by atoms with Crippen LogP contribution in [0.1, 0.15) is 6.92 Å². The number of hydrogen-bond donors (Lipinski definition) is 1. The van der Waals surface area contributed by atoms with E-state index in [-0.39, 0.29) is 10.8 Å². The Morgan fingerprint density at radius 2 is 2.27 bits per heavy atom. The van der Waals surface area contributed by atoms with Gasteiger partial charge >= 0.3 is 0 Å². The second kappa shape index (κ2) is 4.87. The molecular weight excluding hydrogens is 243 g/mol. The zero-order valence-corrected chi connectivity index (χ0v) is 9.52. The summed E-state index contributed by atoms with van der Waals surface area (Å²) in [7, 11) is -3.73. The Hall–Kier alpha value is -0.720. The average Bonchev–Trinajstić information content (AvgIpc) is 2.17. The first-order chi connectivity index (χ1) is 6.95. The van der Waals surface area contributed by atoms with Gasteiger partial charge in [0.1, 0.15) is 10.7 Å². The fourth-order valence-electron chi connectivity index (χ4n) is 0.904. The van der Waals surface area contributed by atoms with Crippen molar-refractivity contribution in [2.24, 2.45) is 0 Å². The molecule has 0 aliphatic rings. The first kappa shape index (κ1) is 12.4. The highest BCUT2D eigenvalue weighted by Gasteiger charge is 2.17. The van der Waals surface area contributed by atoms with Gasteiger partial charge in [-0.15, -0.1) is 11.6 Å². The summed E-state index contributed by atoms with van der Waals surface area (Å²) < 4.78 is 38.2. The van der Waals surface area contributed by atoms with Crippen LogP contribution in [-0.2, 0) is 10.0 Å². The minimum Gasteiger partial charge on any atom is -0.260 e. The molecule has 0 saturated carbocycles. The Bertz CT molecular complexity index is 438. The highest BCUT2D eigenvalue weighted by Crippen LogP contribution is 2.09. The Balaban J connectivity index is 2.96. The van der Waals surface area contributed by atoms with Crippen molar-refractivity contribution in [3.05, 3.63) is 24.3 Å². The molecule has 4 nitrogen and oxygen atoms in total. The Morgan fingerprint density at radius 3 is 2.80 bits per heavy atom. The molecule has 0 bridgehead atoms. The fourth-order valence-corrected chi connectivity index (χ4v) is 2.29. The van der Waals surface area contributed by atoms with Gasteiger partial charge < -0.3 is 0 Å². The van der Waals surface area contributed by atoms with Crippen LogP contribution in [0.4, 0.5) is 4.39 Å². The summed E-state index contributed by atoms with van der Waals surface area (Å²) >= 11 is 5.46. The molecule has 1 aromatic heterocycles. The van der Waals surface area contributed by atoms with E-state index in [4.69, 9.17) is 11.6 Å². The molecule has 1 heterocycles. The van der Waals surface area contributed by atoms with Crippen LogP contribution in [0.2, 0.25) is 0 Å². The summed E-state index contributed by atoms with van der Waals surface area (Å²) in [6, 6.07) is 0.482. The summed E-state index contributed by atoms with van der Waals surface area (Å²) in [6.45, 7) is 1.61. The molecule has 7 heteroatoms. The standard InChI is InChI=1S/C8H10ClFN2O2S/c1-6(3-9)12-15(13,14)8-2-7(10)4-11-5-8/h2,4-6,12H,3H2,1H3. The van der Waals surface area contributed by atoms with Gasteiger partial charge in [-0.05, 0) is 13.0 Å². The van der Waals surface area contributed by atoms with Crippen molar-refractivity contribution in [1.82, 2.24) is 9.71 Å². The van der Waals surface area contributed by atoms with E-state index in [1.54, 1.807) is 6.92 Å². The lowest BCUT2D eigenvalue weighted by molar-refractivity contribution is 0.566. The normalized spacial score (nSPS) is 13.8.